The number of ether oxygens (including phenoxy) is 1. The Labute approximate surface area is 71.8 Å². The lowest BCUT2D eigenvalue weighted by Crippen LogP contribution is -1.90. The molecule has 0 aliphatic heterocycles. The maximum atomic E-state index is 10.0. The van der Waals surface area contributed by atoms with Crippen LogP contribution in [-0.2, 0) is 4.74 Å². The molecule has 0 aromatic rings. The molecule has 3 heteroatoms. The molecule has 0 unspecified atom stereocenters. The number of rotatable bonds is 2. The van der Waals surface area contributed by atoms with Gasteiger partial charge in [0.05, 0.1) is 0 Å². The molecular weight excluding hydrogens is 164 g/mol. The minimum absolute atomic E-state index is 0.370. The zero-order valence-corrected chi connectivity index (χ0v) is 7.23. The molecule has 0 saturated carbocycles. The number of halogens is 1. The third-order valence-electron chi connectivity index (χ3n) is 0.684. The van der Waals surface area contributed by atoms with Gasteiger partial charge in [0, 0.05) is 11.6 Å². The number of carbonyl (C=O) groups is 1. The summed E-state index contributed by atoms with van der Waals surface area (Å²) in [6.07, 6.45) is 2.99. The fraction of sp³-hybridized carbons (Fsp3) is 0.125. The van der Waals surface area contributed by atoms with Crippen molar-refractivity contribution in [1.82, 2.24) is 0 Å². The molecule has 0 amide bonds. The van der Waals surface area contributed by atoms with Gasteiger partial charge in [-0.2, -0.15) is 0 Å². The number of carbonyl (C=O) groups excluding carboxylic acids is 1. The van der Waals surface area contributed by atoms with Crippen LogP contribution in [0.2, 0.25) is 0 Å². The predicted molar refractivity (Wildman–Crippen MR) is 47.5 cm³/mol. The maximum Gasteiger partial charge on any atom is 0.409 e. The van der Waals surface area contributed by atoms with Gasteiger partial charge >= 0.3 is 5.43 Å². The molecule has 0 saturated heterocycles. The number of hydrogen-bond acceptors (Lipinski definition) is 2. The van der Waals surface area contributed by atoms with Crippen molar-refractivity contribution in [2.45, 2.75) is 6.92 Å². The molecule has 0 aromatic heterocycles. The minimum atomic E-state index is -0.844. The second-order valence-corrected chi connectivity index (χ2v) is 1.54. The summed E-state index contributed by atoms with van der Waals surface area (Å²) < 4.78 is 4.42. The summed E-state index contributed by atoms with van der Waals surface area (Å²) >= 11 is 4.88. The first-order valence-corrected chi connectivity index (χ1v) is 3.24. The van der Waals surface area contributed by atoms with Gasteiger partial charge in [-0.15, -0.1) is 13.2 Å². The van der Waals surface area contributed by atoms with Crippen LogP contribution in [0.15, 0.2) is 37.6 Å². The largest absolute Gasteiger partial charge is 0.415 e. The van der Waals surface area contributed by atoms with Crippen LogP contribution in [0.4, 0.5) is 4.79 Å². The third-order valence-corrected chi connectivity index (χ3v) is 0.761. The zero-order valence-electron chi connectivity index (χ0n) is 6.47. The average Bonchev–Trinajstić information content (AvgIpc) is 2.03. The molecule has 62 valence electrons. The molecule has 2 nitrogen and oxygen atoms in total. The van der Waals surface area contributed by atoms with Crippen molar-refractivity contribution in [2.24, 2.45) is 0 Å². The Bertz CT molecular complexity index is 161. The van der Waals surface area contributed by atoms with Gasteiger partial charge in [-0.25, -0.2) is 4.79 Å². The summed E-state index contributed by atoms with van der Waals surface area (Å²) in [5, 5.41) is 0. The second-order valence-electron chi connectivity index (χ2n) is 1.23. The van der Waals surface area contributed by atoms with Gasteiger partial charge in [0.2, 0.25) is 0 Å². The van der Waals surface area contributed by atoms with Gasteiger partial charge in [-0.05, 0) is 19.1 Å². The summed E-state index contributed by atoms with van der Waals surface area (Å²) in [7, 11) is 0. The van der Waals surface area contributed by atoms with Gasteiger partial charge in [-0.1, -0.05) is 6.58 Å². The van der Waals surface area contributed by atoms with Gasteiger partial charge in [0.15, 0.2) is 0 Å². The first-order valence-electron chi connectivity index (χ1n) is 2.86. The van der Waals surface area contributed by atoms with Crippen molar-refractivity contribution in [3.05, 3.63) is 37.6 Å². The average molecular weight is 175 g/mol. The Morgan fingerprint density at radius 3 is 2.09 bits per heavy atom. The summed E-state index contributed by atoms with van der Waals surface area (Å²) in [6, 6.07) is 0. The van der Waals surface area contributed by atoms with Crippen LogP contribution < -0.4 is 0 Å². The Balaban J connectivity index is 0. The molecule has 0 fully saturated rings. The van der Waals surface area contributed by atoms with Gasteiger partial charge in [0.25, 0.3) is 0 Å². The Morgan fingerprint density at radius 2 is 2.00 bits per heavy atom. The standard InChI is InChI=1S/C6H7ClO2.C2H4/c1-3-5(4-2)9-6(7)8;1-2/h3-4H,1H2,2H3;1-2H2/b5-4+;. The summed E-state index contributed by atoms with van der Waals surface area (Å²) in [5.41, 5.74) is -0.844. The molecule has 0 aliphatic carbocycles. The van der Waals surface area contributed by atoms with E-state index in [-0.39, 0.29) is 0 Å². The summed E-state index contributed by atoms with van der Waals surface area (Å²) in [6.45, 7) is 11.1. The van der Waals surface area contributed by atoms with Crippen LogP contribution in [0.1, 0.15) is 6.92 Å². The van der Waals surface area contributed by atoms with E-state index in [0.29, 0.717) is 5.76 Å². The first-order chi connectivity index (χ1) is 5.20. The van der Waals surface area contributed by atoms with Crippen molar-refractivity contribution in [3.63, 3.8) is 0 Å². The third kappa shape index (κ3) is 8.98. The van der Waals surface area contributed by atoms with Crippen LogP contribution >= 0.6 is 11.6 Å². The lowest BCUT2D eigenvalue weighted by Gasteiger charge is -1.95. The second kappa shape index (κ2) is 8.98. The molecule has 0 N–H and O–H groups in total. The lowest BCUT2D eigenvalue weighted by atomic mass is 10.5. The van der Waals surface area contributed by atoms with Crippen molar-refractivity contribution in [1.29, 1.82) is 0 Å². The van der Waals surface area contributed by atoms with Gasteiger partial charge in [0.1, 0.15) is 5.76 Å². The predicted octanol–water partition coefficient (Wildman–Crippen LogP) is 3.25. The van der Waals surface area contributed by atoms with Crippen molar-refractivity contribution >= 4 is 17.0 Å². The maximum absolute atomic E-state index is 10.0. The van der Waals surface area contributed by atoms with Crippen LogP contribution in [-0.4, -0.2) is 5.43 Å². The van der Waals surface area contributed by atoms with E-state index in [9.17, 15) is 4.79 Å². The number of allylic oxidation sites excluding steroid dienone is 2. The molecule has 0 aliphatic rings. The highest BCUT2D eigenvalue weighted by Crippen LogP contribution is 2.00. The molecule has 0 radical (unpaired) electrons. The number of hydrogen-bond donors (Lipinski definition) is 0. The SMILES string of the molecule is C=C.C=C/C(=C\C)OC(=O)Cl. The van der Waals surface area contributed by atoms with Crippen LogP contribution in [0.25, 0.3) is 0 Å². The van der Waals surface area contributed by atoms with Crippen molar-refractivity contribution in [2.75, 3.05) is 0 Å². The Hall–Kier alpha value is -1.02. The van der Waals surface area contributed by atoms with E-state index >= 15 is 0 Å². The monoisotopic (exact) mass is 174 g/mol. The molecule has 11 heavy (non-hydrogen) atoms. The van der Waals surface area contributed by atoms with E-state index in [0.717, 1.165) is 0 Å². The highest BCUT2D eigenvalue weighted by atomic mass is 35.5. The van der Waals surface area contributed by atoms with Gasteiger partial charge < -0.3 is 4.74 Å². The smallest absolute Gasteiger partial charge is 0.409 e. The highest BCUT2D eigenvalue weighted by Gasteiger charge is 1.95. The molecule has 0 heterocycles. The quantitative estimate of drug-likeness (QED) is 0.278. The normalized spacial score (nSPS) is 9.09. The van der Waals surface area contributed by atoms with Crippen LogP contribution in [0, 0.1) is 0 Å². The fourth-order valence-corrected chi connectivity index (χ4v) is 0.400. The van der Waals surface area contributed by atoms with Gasteiger partial charge in [-0.3, -0.25) is 0 Å². The van der Waals surface area contributed by atoms with Crippen LogP contribution in [0.3, 0.4) is 0 Å². The van der Waals surface area contributed by atoms with Crippen molar-refractivity contribution < 1.29 is 9.53 Å². The molecular formula is C8H11ClO2. The van der Waals surface area contributed by atoms with Crippen LogP contribution in [0.5, 0.6) is 0 Å². The molecule has 0 spiro atoms. The zero-order chi connectivity index (χ0) is 9.28. The van der Waals surface area contributed by atoms with E-state index in [1.165, 1.54) is 6.08 Å². The van der Waals surface area contributed by atoms with E-state index in [4.69, 9.17) is 11.6 Å². The first kappa shape index (κ1) is 12.6. The minimum Gasteiger partial charge on any atom is -0.415 e. The van der Waals surface area contributed by atoms with E-state index < -0.39 is 5.43 Å². The molecule has 0 atom stereocenters. The summed E-state index contributed by atoms with van der Waals surface area (Å²) in [4.78, 5) is 10.0. The van der Waals surface area contributed by atoms with E-state index in [1.807, 2.05) is 0 Å². The molecule has 0 rings (SSSR count). The Morgan fingerprint density at radius 1 is 1.55 bits per heavy atom. The van der Waals surface area contributed by atoms with E-state index in [2.05, 4.69) is 24.5 Å². The van der Waals surface area contributed by atoms with Crippen molar-refractivity contribution in [3.8, 4) is 0 Å². The lowest BCUT2D eigenvalue weighted by molar-refractivity contribution is 0.206. The Kier molecular flexibility index (Phi) is 10.3. The fourth-order valence-electron chi connectivity index (χ4n) is 0.311. The topological polar surface area (TPSA) is 26.3 Å². The summed E-state index contributed by atoms with van der Waals surface area (Å²) in [5.74, 6) is 0.370. The molecule has 0 bridgehead atoms. The highest BCUT2D eigenvalue weighted by molar-refractivity contribution is 6.61. The molecule has 0 aromatic carbocycles. The van der Waals surface area contributed by atoms with E-state index in [1.54, 1.807) is 13.0 Å².